The molecule has 0 aliphatic rings. The number of ether oxygens (including phenoxy) is 1. The van der Waals surface area contributed by atoms with Gasteiger partial charge in [-0.05, 0) is 30.7 Å². The van der Waals surface area contributed by atoms with Crippen molar-refractivity contribution in [3.63, 3.8) is 0 Å². The molecular weight excluding hydrogens is 248 g/mol. The van der Waals surface area contributed by atoms with E-state index in [-0.39, 0.29) is 0 Å². The third kappa shape index (κ3) is 2.44. The molecule has 1 aromatic carbocycles. The maximum atomic E-state index is 9.04. The highest BCUT2D eigenvalue weighted by Crippen LogP contribution is 2.31. The smallest absolute Gasteiger partial charge is 0.137 e. The Kier molecular flexibility index (Phi) is 3.81. The standard InChI is InChI=1S/C14H11ClN2O/c1-2-18-14-4-3-10(7-13(14)15)12-5-6-17-9-11(12)8-16/h3-7,9H,2H2,1H3. The summed E-state index contributed by atoms with van der Waals surface area (Å²) >= 11 is 6.13. The highest BCUT2D eigenvalue weighted by Gasteiger charge is 2.08. The summed E-state index contributed by atoms with van der Waals surface area (Å²) in [6.45, 7) is 2.47. The van der Waals surface area contributed by atoms with E-state index in [4.69, 9.17) is 21.6 Å². The summed E-state index contributed by atoms with van der Waals surface area (Å²) in [5, 5.41) is 9.58. The van der Waals surface area contributed by atoms with E-state index < -0.39 is 0 Å². The predicted molar refractivity (Wildman–Crippen MR) is 70.6 cm³/mol. The van der Waals surface area contributed by atoms with E-state index in [9.17, 15) is 0 Å². The van der Waals surface area contributed by atoms with Crippen LogP contribution in [0.2, 0.25) is 5.02 Å². The fourth-order valence-electron chi connectivity index (χ4n) is 1.68. The third-order valence-electron chi connectivity index (χ3n) is 2.48. The molecule has 0 unspecified atom stereocenters. The minimum atomic E-state index is 0.526. The van der Waals surface area contributed by atoms with E-state index in [0.29, 0.717) is 22.9 Å². The van der Waals surface area contributed by atoms with Crippen LogP contribution in [0.4, 0.5) is 0 Å². The number of halogens is 1. The fraction of sp³-hybridized carbons (Fsp3) is 0.143. The second kappa shape index (κ2) is 5.52. The van der Waals surface area contributed by atoms with Crippen LogP contribution in [0.1, 0.15) is 12.5 Å². The first kappa shape index (κ1) is 12.4. The van der Waals surface area contributed by atoms with Crippen molar-refractivity contribution >= 4 is 11.6 Å². The Morgan fingerprint density at radius 3 is 2.89 bits per heavy atom. The lowest BCUT2D eigenvalue weighted by Crippen LogP contribution is -1.93. The summed E-state index contributed by atoms with van der Waals surface area (Å²) < 4.78 is 5.37. The van der Waals surface area contributed by atoms with Gasteiger partial charge in [0.2, 0.25) is 0 Å². The van der Waals surface area contributed by atoms with Crippen LogP contribution in [0, 0.1) is 11.3 Å². The van der Waals surface area contributed by atoms with Crippen molar-refractivity contribution < 1.29 is 4.74 Å². The molecule has 0 amide bonds. The summed E-state index contributed by atoms with van der Waals surface area (Å²) in [6.07, 6.45) is 3.19. The van der Waals surface area contributed by atoms with Crippen LogP contribution >= 0.6 is 11.6 Å². The van der Waals surface area contributed by atoms with Gasteiger partial charge in [0.1, 0.15) is 11.8 Å². The summed E-state index contributed by atoms with van der Waals surface area (Å²) in [4.78, 5) is 3.93. The van der Waals surface area contributed by atoms with Gasteiger partial charge in [0, 0.05) is 18.0 Å². The average molecular weight is 259 g/mol. The molecule has 0 bridgehead atoms. The summed E-state index contributed by atoms with van der Waals surface area (Å²) in [5.41, 5.74) is 2.22. The predicted octanol–water partition coefficient (Wildman–Crippen LogP) is 3.67. The van der Waals surface area contributed by atoms with Crippen molar-refractivity contribution in [2.24, 2.45) is 0 Å². The van der Waals surface area contributed by atoms with Crippen LogP contribution in [-0.2, 0) is 0 Å². The van der Waals surface area contributed by atoms with Crippen LogP contribution in [-0.4, -0.2) is 11.6 Å². The molecule has 0 N–H and O–H groups in total. The zero-order valence-corrected chi connectivity index (χ0v) is 10.6. The van der Waals surface area contributed by atoms with Crippen molar-refractivity contribution in [2.75, 3.05) is 6.61 Å². The maximum absolute atomic E-state index is 9.04. The molecule has 0 atom stereocenters. The van der Waals surface area contributed by atoms with Gasteiger partial charge in [0.05, 0.1) is 17.2 Å². The van der Waals surface area contributed by atoms with Crippen LogP contribution in [0.25, 0.3) is 11.1 Å². The Bertz CT molecular complexity index is 605. The quantitative estimate of drug-likeness (QED) is 0.844. The number of nitrogens with zero attached hydrogens (tertiary/aromatic N) is 2. The molecule has 0 saturated heterocycles. The fourth-order valence-corrected chi connectivity index (χ4v) is 1.91. The highest BCUT2D eigenvalue weighted by atomic mass is 35.5. The van der Waals surface area contributed by atoms with E-state index >= 15 is 0 Å². The van der Waals surface area contributed by atoms with Gasteiger partial charge in [-0.3, -0.25) is 4.98 Å². The molecule has 90 valence electrons. The monoisotopic (exact) mass is 258 g/mol. The van der Waals surface area contributed by atoms with Crippen molar-refractivity contribution in [1.82, 2.24) is 4.98 Å². The first-order chi connectivity index (χ1) is 8.76. The Labute approximate surface area is 111 Å². The minimum absolute atomic E-state index is 0.526. The normalized spacial score (nSPS) is 9.83. The van der Waals surface area contributed by atoms with E-state index in [1.165, 1.54) is 0 Å². The number of aromatic nitrogens is 1. The van der Waals surface area contributed by atoms with E-state index in [0.717, 1.165) is 11.1 Å². The Balaban J connectivity index is 2.46. The largest absolute Gasteiger partial charge is 0.492 e. The second-order valence-corrected chi connectivity index (χ2v) is 4.02. The van der Waals surface area contributed by atoms with Gasteiger partial charge < -0.3 is 4.74 Å². The number of nitriles is 1. The molecule has 1 heterocycles. The van der Waals surface area contributed by atoms with Crippen LogP contribution in [0.15, 0.2) is 36.7 Å². The number of pyridine rings is 1. The maximum Gasteiger partial charge on any atom is 0.137 e. The number of rotatable bonds is 3. The molecule has 0 aliphatic heterocycles. The van der Waals surface area contributed by atoms with Crippen molar-refractivity contribution in [2.45, 2.75) is 6.92 Å². The first-order valence-corrected chi connectivity index (χ1v) is 5.91. The van der Waals surface area contributed by atoms with Crippen LogP contribution in [0.3, 0.4) is 0 Å². The molecule has 2 rings (SSSR count). The topological polar surface area (TPSA) is 45.9 Å². The lowest BCUT2D eigenvalue weighted by atomic mass is 10.0. The van der Waals surface area contributed by atoms with Gasteiger partial charge in [-0.25, -0.2) is 0 Å². The number of benzene rings is 1. The van der Waals surface area contributed by atoms with Crippen molar-refractivity contribution in [1.29, 1.82) is 5.26 Å². The Morgan fingerprint density at radius 2 is 2.22 bits per heavy atom. The Morgan fingerprint density at radius 1 is 1.39 bits per heavy atom. The zero-order chi connectivity index (χ0) is 13.0. The van der Waals surface area contributed by atoms with E-state index in [2.05, 4.69) is 11.1 Å². The molecule has 18 heavy (non-hydrogen) atoms. The molecule has 0 fully saturated rings. The summed E-state index contributed by atoms with van der Waals surface area (Å²) in [7, 11) is 0. The molecular formula is C14H11ClN2O. The summed E-state index contributed by atoms with van der Waals surface area (Å²) in [6, 6.07) is 9.40. The van der Waals surface area contributed by atoms with Gasteiger partial charge in [-0.15, -0.1) is 0 Å². The van der Waals surface area contributed by atoms with E-state index in [1.54, 1.807) is 24.5 Å². The van der Waals surface area contributed by atoms with Gasteiger partial charge in [-0.2, -0.15) is 5.26 Å². The van der Waals surface area contributed by atoms with Crippen molar-refractivity contribution in [3.8, 4) is 22.9 Å². The molecule has 0 spiro atoms. The molecule has 3 nitrogen and oxygen atoms in total. The molecule has 4 heteroatoms. The SMILES string of the molecule is CCOc1ccc(-c2ccncc2C#N)cc1Cl. The lowest BCUT2D eigenvalue weighted by molar-refractivity contribution is 0.340. The summed E-state index contributed by atoms with van der Waals surface area (Å²) in [5.74, 6) is 0.649. The minimum Gasteiger partial charge on any atom is -0.492 e. The van der Waals surface area contributed by atoms with Crippen LogP contribution in [0.5, 0.6) is 5.75 Å². The first-order valence-electron chi connectivity index (χ1n) is 5.53. The average Bonchev–Trinajstić information content (AvgIpc) is 2.41. The van der Waals surface area contributed by atoms with Gasteiger partial charge in [-0.1, -0.05) is 17.7 Å². The van der Waals surface area contributed by atoms with Gasteiger partial charge >= 0.3 is 0 Å². The molecule has 1 aromatic heterocycles. The number of hydrogen-bond acceptors (Lipinski definition) is 3. The number of hydrogen-bond donors (Lipinski definition) is 0. The van der Waals surface area contributed by atoms with Crippen LogP contribution < -0.4 is 4.74 Å². The highest BCUT2D eigenvalue weighted by molar-refractivity contribution is 6.32. The molecule has 0 aliphatic carbocycles. The van der Waals surface area contributed by atoms with Gasteiger partial charge in [0.25, 0.3) is 0 Å². The second-order valence-electron chi connectivity index (χ2n) is 3.61. The molecule has 2 aromatic rings. The van der Waals surface area contributed by atoms with E-state index in [1.807, 2.05) is 19.1 Å². The Hall–Kier alpha value is -2.05. The lowest BCUT2D eigenvalue weighted by Gasteiger charge is -2.08. The molecule has 0 saturated carbocycles. The zero-order valence-electron chi connectivity index (χ0n) is 9.85. The van der Waals surface area contributed by atoms with Gasteiger partial charge in [0.15, 0.2) is 0 Å². The van der Waals surface area contributed by atoms with Crippen molar-refractivity contribution in [3.05, 3.63) is 47.2 Å². The molecule has 0 radical (unpaired) electrons. The third-order valence-corrected chi connectivity index (χ3v) is 2.78.